The fourth-order valence-electron chi connectivity index (χ4n) is 0.974. The van der Waals surface area contributed by atoms with Gasteiger partial charge in [0.15, 0.2) is 0 Å². The molecule has 12 heavy (non-hydrogen) atoms. The molecular weight excluding hydrogens is 172 g/mol. The van der Waals surface area contributed by atoms with Crippen molar-refractivity contribution in [3.8, 4) is 0 Å². The Labute approximate surface area is 77.8 Å². The summed E-state index contributed by atoms with van der Waals surface area (Å²) in [6, 6.07) is 3.98. The van der Waals surface area contributed by atoms with Gasteiger partial charge in [-0.25, -0.2) is 4.98 Å². The van der Waals surface area contributed by atoms with Crippen LogP contribution < -0.4 is 5.73 Å². The second kappa shape index (κ2) is 4.43. The van der Waals surface area contributed by atoms with Gasteiger partial charge in [0.2, 0.25) is 0 Å². The van der Waals surface area contributed by atoms with E-state index in [1.165, 1.54) is 0 Å². The summed E-state index contributed by atoms with van der Waals surface area (Å²) < 4.78 is 0. The quantitative estimate of drug-likeness (QED) is 0.730. The smallest absolute Gasteiger partial charge is 0.129 e. The second-order valence-corrected chi connectivity index (χ2v) is 3.25. The lowest BCUT2D eigenvalue weighted by atomic mass is 10.1. The fourth-order valence-corrected chi connectivity index (χ4v) is 1.09. The normalized spacial score (nSPS) is 12.9. The van der Waals surface area contributed by atoms with Crippen LogP contribution in [0.25, 0.3) is 0 Å². The van der Waals surface area contributed by atoms with Gasteiger partial charge in [-0.1, -0.05) is 24.6 Å². The van der Waals surface area contributed by atoms with Crippen LogP contribution in [0.15, 0.2) is 18.3 Å². The maximum Gasteiger partial charge on any atom is 0.129 e. The molecule has 0 aliphatic rings. The van der Waals surface area contributed by atoms with E-state index in [9.17, 15) is 0 Å². The van der Waals surface area contributed by atoms with Crippen molar-refractivity contribution < 1.29 is 0 Å². The molecular formula is C9H13ClN2. The summed E-state index contributed by atoms with van der Waals surface area (Å²) in [4.78, 5) is 3.98. The minimum absolute atomic E-state index is 0.230. The molecule has 2 nitrogen and oxygen atoms in total. The lowest BCUT2D eigenvalue weighted by molar-refractivity contribution is 0.645. The van der Waals surface area contributed by atoms with Gasteiger partial charge in [0, 0.05) is 12.2 Å². The van der Waals surface area contributed by atoms with Gasteiger partial charge in [-0.05, 0) is 24.5 Å². The van der Waals surface area contributed by atoms with Gasteiger partial charge >= 0.3 is 0 Å². The predicted molar refractivity (Wildman–Crippen MR) is 51.2 cm³/mol. The summed E-state index contributed by atoms with van der Waals surface area (Å²) in [5.74, 6) is 0. The summed E-state index contributed by atoms with van der Waals surface area (Å²) in [6.07, 6.45) is 3.64. The molecule has 0 aromatic carbocycles. The number of rotatable bonds is 3. The van der Waals surface area contributed by atoms with Crippen LogP contribution in [0, 0.1) is 0 Å². The molecule has 0 amide bonds. The molecule has 2 N–H and O–H groups in total. The average Bonchev–Trinajstić information content (AvgIpc) is 2.09. The first-order valence-electron chi connectivity index (χ1n) is 4.08. The Bertz CT molecular complexity index is 233. The molecule has 1 aromatic heterocycles. The van der Waals surface area contributed by atoms with Gasteiger partial charge in [0.05, 0.1) is 0 Å². The van der Waals surface area contributed by atoms with Crippen molar-refractivity contribution in [2.45, 2.75) is 25.8 Å². The summed E-state index contributed by atoms with van der Waals surface area (Å²) in [6.45, 7) is 2.08. The third-order valence-electron chi connectivity index (χ3n) is 1.81. The number of aromatic nitrogens is 1. The van der Waals surface area contributed by atoms with Crippen molar-refractivity contribution in [2.75, 3.05) is 0 Å². The topological polar surface area (TPSA) is 38.9 Å². The number of hydrogen-bond donors (Lipinski definition) is 1. The minimum atomic E-state index is 0.230. The molecule has 0 saturated heterocycles. The SMILES string of the molecule is CCC(N)Cc1ccc(Cl)nc1. The molecule has 1 heterocycles. The van der Waals surface area contributed by atoms with E-state index in [1.54, 1.807) is 12.3 Å². The van der Waals surface area contributed by atoms with Crippen molar-refractivity contribution in [3.05, 3.63) is 29.0 Å². The predicted octanol–water partition coefficient (Wildman–Crippen LogP) is 2.01. The molecule has 0 aliphatic carbocycles. The Balaban J connectivity index is 2.58. The Hall–Kier alpha value is -0.600. The van der Waals surface area contributed by atoms with E-state index in [0.29, 0.717) is 5.15 Å². The van der Waals surface area contributed by atoms with Crippen LogP contribution >= 0.6 is 11.6 Å². The zero-order valence-electron chi connectivity index (χ0n) is 7.13. The minimum Gasteiger partial charge on any atom is -0.327 e. The molecule has 0 aliphatic heterocycles. The maximum atomic E-state index is 5.78. The van der Waals surface area contributed by atoms with E-state index in [4.69, 9.17) is 17.3 Å². The zero-order chi connectivity index (χ0) is 8.97. The molecule has 0 spiro atoms. The van der Waals surface area contributed by atoms with Crippen LogP contribution in [0.4, 0.5) is 0 Å². The van der Waals surface area contributed by atoms with E-state index in [1.807, 2.05) is 6.07 Å². The van der Waals surface area contributed by atoms with Crippen molar-refractivity contribution >= 4 is 11.6 Å². The molecule has 1 aromatic rings. The highest BCUT2D eigenvalue weighted by Gasteiger charge is 2.00. The number of hydrogen-bond acceptors (Lipinski definition) is 2. The Morgan fingerprint density at radius 1 is 1.58 bits per heavy atom. The van der Waals surface area contributed by atoms with Crippen molar-refractivity contribution in [1.82, 2.24) is 4.98 Å². The third kappa shape index (κ3) is 2.80. The van der Waals surface area contributed by atoms with Crippen LogP contribution in [-0.4, -0.2) is 11.0 Å². The van der Waals surface area contributed by atoms with Crippen molar-refractivity contribution in [1.29, 1.82) is 0 Å². The Kier molecular flexibility index (Phi) is 3.50. The number of nitrogens with two attached hydrogens (primary N) is 1. The first-order chi connectivity index (χ1) is 5.72. The summed E-state index contributed by atoms with van der Waals surface area (Å²) >= 11 is 5.64. The standard InChI is InChI=1S/C9H13ClN2/c1-2-8(11)5-7-3-4-9(10)12-6-7/h3-4,6,8H,2,5,11H2,1H3. The highest BCUT2D eigenvalue weighted by atomic mass is 35.5. The highest BCUT2D eigenvalue weighted by molar-refractivity contribution is 6.29. The Morgan fingerprint density at radius 3 is 2.83 bits per heavy atom. The molecule has 0 fully saturated rings. The largest absolute Gasteiger partial charge is 0.327 e. The number of nitrogens with zero attached hydrogens (tertiary/aromatic N) is 1. The van der Waals surface area contributed by atoms with Gasteiger partial charge in [0.25, 0.3) is 0 Å². The van der Waals surface area contributed by atoms with Crippen LogP contribution in [-0.2, 0) is 6.42 Å². The van der Waals surface area contributed by atoms with Crippen molar-refractivity contribution in [2.24, 2.45) is 5.73 Å². The van der Waals surface area contributed by atoms with Gasteiger partial charge < -0.3 is 5.73 Å². The lowest BCUT2D eigenvalue weighted by Gasteiger charge is -2.07. The molecule has 1 atom stereocenters. The first-order valence-corrected chi connectivity index (χ1v) is 4.46. The van der Waals surface area contributed by atoms with E-state index >= 15 is 0 Å². The average molecular weight is 185 g/mol. The van der Waals surface area contributed by atoms with Crippen LogP contribution in [0.1, 0.15) is 18.9 Å². The van der Waals surface area contributed by atoms with Gasteiger partial charge in [-0.3, -0.25) is 0 Å². The number of pyridine rings is 1. The molecule has 0 saturated carbocycles. The van der Waals surface area contributed by atoms with E-state index in [-0.39, 0.29) is 6.04 Å². The Morgan fingerprint density at radius 2 is 2.33 bits per heavy atom. The third-order valence-corrected chi connectivity index (χ3v) is 2.03. The molecule has 1 rings (SSSR count). The van der Waals surface area contributed by atoms with E-state index in [0.717, 1.165) is 18.4 Å². The van der Waals surface area contributed by atoms with Gasteiger partial charge in [-0.2, -0.15) is 0 Å². The monoisotopic (exact) mass is 184 g/mol. The van der Waals surface area contributed by atoms with Crippen molar-refractivity contribution in [3.63, 3.8) is 0 Å². The molecule has 0 bridgehead atoms. The molecule has 0 radical (unpaired) electrons. The second-order valence-electron chi connectivity index (χ2n) is 2.86. The van der Waals surface area contributed by atoms with Crippen LogP contribution in [0.3, 0.4) is 0 Å². The molecule has 3 heteroatoms. The molecule has 1 unspecified atom stereocenters. The van der Waals surface area contributed by atoms with Crippen LogP contribution in [0.5, 0.6) is 0 Å². The molecule has 66 valence electrons. The van der Waals surface area contributed by atoms with E-state index < -0.39 is 0 Å². The van der Waals surface area contributed by atoms with E-state index in [2.05, 4.69) is 11.9 Å². The van der Waals surface area contributed by atoms with Gasteiger partial charge in [-0.15, -0.1) is 0 Å². The first kappa shape index (κ1) is 9.49. The number of halogens is 1. The zero-order valence-corrected chi connectivity index (χ0v) is 7.88. The maximum absolute atomic E-state index is 5.78. The fraction of sp³-hybridized carbons (Fsp3) is 0.444. The summed E-state index contributed by atoms with van der Waals surface area (Å²) in [7, 11) is 0. The highest BCUT2D eigenvalue weighted by Crippen LogP contribution is 2.07. The lowest BCUT2D eigenvalue weighted by Crippen LogP contribution is -2.21. The van der Waals surface area contributed by atoms with Gasteiger partial charge in [0.1, 0.15) is 5.15 Å². The summed E-state index contributed by atoms with van der Waals surface area (Å²) in [5, 5.41) is 0.531. The summed E-state index contributed by atoms with van der Waals surface area (Å²) in [5.41, 5.74) is 6.93. The van der Waals surface area contributed by atoms with Crippen LogP contribution in [0.2, 0.25) is 5.15 Å².